The zero-order valence-electron chi connectivity index (χ0n) is 11.8. The van der Waals surface area contributed by atoms with Crippen molar-refractivity contribution >= 4 is 17.4 Å². The Morgan fingerprint density at radius 3 is 2.55 bits per heavy atom. The zero-order valence-corrected chi connectivity index (χ0v) is 11.8. The van der Waals surface area contributed by atoms with Gasteiger partial charge in [0.15, 0.2) is 17.5 Å². The first kappa shape index (κ1) is 15.8. The third kappa shape index (κ3) is 3.55. The summed E-state index contributed by atoms with van der Waals surface area (Å²) in [4.78, 5) is 15.9. The number of pyridine rings is 1. The lowest BCUT2D eigenvalue weighted by molar-refractivity contribution is 0.102. The molecule has 0 aliphatic heterocycles. The highest BCUT2D eigenvalue weighted by atomic mass is 19.2. The second kappa shape index (κ2) is 6.93. The number of anilines is 2. The van der Waals surface area contributed by atoms with Crippen LogP contribution in [0.1, 0.15) is 23.7 Å². The first-order valence-electron chi connectivity index (χ1n) is 6.67. The number of amides is 1. The van der Waals surface area contributed by atoms with Gasteiger partial charge in [-0.05, 0) is 30.7 Å². The monoisotopic (exact) mass is 309 g/mol. The average molecular weight is 309 g/mol. The zero-order chi connectivity index (χ0) is 16.1. The van der Waals surface area contributed by atoms with Gasteiger partial charge in [-0.3, -0.25) is 4.79 Å². The highest BCUT2D eigenvalue weighted by Crippen LogP contribution is 2.17. The maximum absolute atomic E-state index is 13.5. The molecule has 1 heterocycles. The van der Waals surface area contributed by atoms with E-state index in [1.807, 2.05) is 6.92 Å². The molecule has 1 amide bonds. The van der Waals surface area contributed by atoms with Gasteiger partial charge in [-0.25, -0.2) is 18.2 Å². The number of halogens is 3. The smallest absolute Gasteiger partial charge is 0.258 e. The Bertz CT molecular complexity index is 674. The van der Waals surface area contributed by atoms with Crippen molar-refractivity contribution in [3.63, 3.8) is 0 Å². The standard InChI is InChI=1S/C15H14F3N3O/c1-2-7-19-12-6-3-9(8-20-12)21-15(22)10-4-5-11(16)14(18)13(10)17/h3-6,8H,2,7H2,1H3,(H,19,20)(H,21,22). The molecule has 2 aromatic rings. The van der Waals surface area contributed by atoms with Crippen molar-refractivity contribution in [1.82, 2.24) is 4.98 Å². The summed E-state index contributed by atoms with van der Waals surface area (Å²) in [5, 5.41) is 5.42. The summed E-state index contributed by atoms with van der Waals surface area (Å²) >= 11 is 0. The predicted molar refractivity (Wildman–Crippen MR) is 77.3 cm³/mol. The van der Waals surface area contributed by atoms with E-state index in [0.29, 0.717) is 17.6 Å². The number of rotatable bonds is 5. The summed E-state index contributed by atoms with van der Waals surface area (Å²) in [5.74, 6) is -4.79. The molecule has 0 fully saturated rings. The van der Waals surface area contributed by atoms with E-state index in [1.165, 1.54) is 6.20 Å². The van der Waals surface area contributed by atoms with Gasteiger partial charge in [0.2, 0.25) is 0 Å². The summed E-state index contributed by atoms with van der Waals surface area (Å²) in [7, 11) is 0. The molecular formula is C15H14F3N3O. The predicted octanol–water partition coefficient (Wildman–Crippen LogP) is 3.57. The van der Waals surface area contributed by atoms with Gasteiger partial charge in [0.1, 0.15) is 5.82 Å². The molecule has 0 aliphatic rings. The number of nitrogens with one attached hydrogen (secondary N) is 2. The molecule has 0 unspecified atom stereocenters. The van der Waals surface area contributed by atoms with E-state index in [1.54, 1.807) is 12.1 Å². The average Bonchev–Trinajstić information content (AvgIpc) is 2.52. The van der Waals surface area contributed by atoms with Crippen molar-refractivity contribution in [1.29, 1.82) is 0 Å². The van der Waals surface area contributed by atoms with Crippen LogP contribution in [-0.2, 0) is 0 Å². The maximum atomic E-state index is 13.5. The van der Waals surface area contributed by atoms with E-state index in [9.17, 15) is 18.0 Å². The molecule has 0 saturated carbocycles. The van der Waals surface area contributed by atoms with E-state index >= 15 is 0 Å². The Morgan fingerprint density at radius 2 is 1.91 bits per heavy atom. The van der Waals surface area contributed by atoms with Crippen LogP contribution in [0.2, 0.25) is 0 Å². The molecule has 1 aromatic carbocycles. The van der Waals surface area contributed by atoms with Crippen LogP contribution >= 0.6 is 0 Å². The molecule has 4 nitrogen and oxygen atoms in total. The minimum atomic E-state index is -1.68. The lowest BCUT2D eigenvalue weighted by Gasteiger charge is -2.08. The van der Waals surface area contributed by atoms with E-state index in [4.69, 9.17) is 0 Å². The SMILES string of the molecule is CCCNc1ccc(NC(=O)c2ccc(F)c(F)c2F)cn1. The molecule has 22 heavy (non-hydrogen) atoms. The van der Waals surface area contributed by atoms with Crippen LogP contribution in [0.4, 0.5) is 24.7 Å². The number of carbonyl (C=O) groups is 1. The fourth-order valence-corrected chi connectivity index (χ4v) is 1.73. The first-order chi connectivity index (χ1) is 10.5. The van der Waals surface area contributed by atoms with E-state index in [2.05, 4.69) is 15.6 Å². The third-order valence-electron chi connectivity index (χ3n) is 2.86. The molecule has 7 heteroatoms. The van der Waals surface area contributed by atoms with Crippen LogP contribution in [0.15, 0.2) is 30.5 Å². The largest absolute Gasteiger partial charge is 0.370 e. The molecule has 0 radical (unpaired) electrons. The minimum absolute atomic E-state index is 0.316. The summed E-state index contributed by atoms with van der Waals surface area (Å²) in [6.45, 7) is 2.77. The Balaban J connectivity index is 2.10. The van der Waals surface area contributed by atoms with Crippen LogP contribution in [-0.4, -0.2) is 17.4 Å². The third-order valence-corrected chi connectivity index (χ3v) is 2.86. The topological polar surface area (TPSA) is 54.0 Å². The lowest BCUT2D eigenvalue weighted by atomic mass is 10.2. The maximum Gasteiger partial charge on any atom is 0.258 e. The fourth-order valence-electron chi connectivity index (χ4n) is 1.73. The van der Waals surface area contributed by atoms with Crippen LogP contribution < -0.4 is 10.6 Å². The molecule has 2 N–H and O–H groups in total. The normalized spacial score (nSPS) is 10.4. The summed E-state index contributed by atoms with van der Waals surface area (Å²) in [6.07, 6.45) is 2.32. The van der Waals surface area contributed by atoms with Gasteiger partial charge in [-0.2, -0.15) is 0 Å². The molecule has 0 saturated heterocycles. The molecule has 0 atom stereocenters. The molecule has 0 aliphatic carbocycles. The summed E-state index contributed by atoms with van der Waals surface area (Å²) < 4.78 is 39.5. The minimum Gasteiger partial charge on any atom is -0.370 e. The highest BCUT2D eigenvalue weighted by molar-refractivity contribution is 6.04. The quantitative estimate of drug-likeness (QED) is 0.830. The number of hydrogen-bond acceptors (Lipinski definition) is 3. The molecule has 0 bridgehead atoms. The van der Waals surface area contributed by atoms with Gasteiger partial charge in [0.25, 0.3) is 5.91 Å². The van der Waals surface area contributed by atoms with Crippen LogP contribution in [0.25, 0.3) is 0 Å². The van der Waals surface area contributed by atoms with Crippen molar-refractivity contribution < 1.29 is 18.0 Å². The van der Waals surface area contributed by atoms with Crippen molar-refractivity contribution in [2.24, 2.45) is 0 Å². The number of nitrogens with zero attached hydrogens (tertiary/aromatic N) is 1. The second-order valence-corrected chi connectivity index (χ2v) is 4.54. The number of aromatic nitrogens is 1. The lowest BCUT2D eigenvalue weighted by Crippen LogP contribution is -2.15. The van der Waals surface area contributed by atoms with Crippen LogP contribution in [0.5, 0.6) is 0 Å². The van der Waals surface area contributed by atoms with Gasteiger partial charge in [0.05, 0.1) is 17.4 Å². The Morgan fingerprint density at radius 1 is 1.14 bits per heavy atom. The Hall–Kier alpha value is -2.57. The fraction of sp³-hybridized carbons (Fsp3) is 0.200. The molecule has 2 rings (SSSR count). The summed E-state index contributed by atoms with van der Waals surface area (Å²) in [5.41, 5.74) is -0.261. The number of carbonyl (C=O) groups excluding carboxylic acids is 1. The Kier molecular flexibility index (Phi) is 4.98. The van der Waals surface area contributed by atoms with Gasteiger partial charge in [-0.15, -0.1) is 0 Å². The molecular weight excluding hydrogens is 295 g/mol. The van der Waals surface area contributed by atoms with Crippen molar-refractivity contribution in [2.45, 2.75) is 13.3 Å². The van der Waals surface area contributed by atoms with E-state index < -0.39 is 28.9 Å². The van der Waals surface area contributed by atoms with Crippen molar-refractivity contribution in [3.8, 4) is 0 Å². The van der Waals surface area contributed by atoms with Crippen LogP contribution in [0, 0.1) is 17.5 Å². The number of hydrogen-bond donors (Lipinski definition) is 2. The Labute approximate surface area is 125 Å². The molecule has 1 aromatic heterocycles. The van der Waals surface area contributed by atoms with E-state index in [-0.39, 0.29) is 0 Å². The summed E-state index contributed by atoms with van der Waals surface area (Å²) in [6, 6.07) is 4.80. The molecule has 0 spiro atoms. The van der Waals surface area contributed by atoms with Gasteiger partial charge in [0, 0.05) is 6.54 Å². The van der Waals surface area contributed by atoms with Gasteiger partial charge >= 0.3 is 0 Å². The first-order valence-corrected chi connectivity index (χ1v) is 6.67. The van der Waals surface area contributed by atoms with Crippen molar-refractivity contribution in [2.75, 3.05) is 17.2 Å². The highest BCUT2D eigenvalue weighted by Gasteiger charge is 2.18. The van der Waals surface area contributed by atoms with Gasteiger partial charge < -0.3 is 10.6 Å². The van der Waals surface area contributed by atoms with Crippen molar-refractivity contribution in [3.05, 3.63) is 53.5 Å². The van der Waals surface area contributed by atoms with E-state index in [0.717, 1.165) is 19.0 Å². The van der Waals surface area contributed by atoms with Gasteiger partial charge in [-0.1, -0.05) is 6.92 Å². The molecule has 116 valence electrons. The van der Waals surface area contributed by atoms with Crippen LogP contribution in [0.3, 0.4) is 0 Å². The second-order valence-electron chi connectivity index (χ2n) is 4.54. The number of benzene rings is 1.